The van der Waals surface area contributed by atoms with E-state index in [2.05, 4.69) is 29.7 Å². The maximum Gasteiger partial charge on any atom is 0.315 e. The summed E-state index contributed by atoms with van der Waals surface area (Å²) in [6.45, 7) is 4.46. The van der Waals surface area contributed by atoms with E-state index in [9.17, 15) is 13.2 Å². The monoisotopic (exact) mass is 360 g/mol. The number of aryl methyl sites for hydroxylation is 1. The van der Waals surface area contributed by atoms with E-state index in [1.807, 2.05) is 19.1 Å². The predicted molar refractivity (Wildman–Crippen MR) is 99.4 cm³/mol. The molecule has 0 saturated carbocycles. The van der Waals surface area contributed by atoms with Gasteiger partial charge in [0.1, 0.15) is 0 Å². The lowest BCUT2D eigenvalue weighted by molar-refractivity contribution is 0.238. The van der Waals surface area contributed by atoms with Crippen LogP contribution in [0.25, 0.3) is 0 Å². The van der Waals surface area contributed by atoms with Crippen molar-refractivity contribution in [3.8, 4) is 0 Å². The summed E-state index contributed by atoms with van der Waals surface area (Å²) in [4.78, 5) is 12.3. The molecule has 25 heavy (non-hydrogen) atoms. The largest absolute Gasteiger partial charge is 0.338 e. The molecule has 1 atom stereocenters. The van der Waals surface area contributed by atoms with Crippen molar-refractivity contribution >= 4 is 15.9 Å². The summed E-state index contributed by atoms with van der Waals surface area (Å²) in [5.41, 5.74) is 3.28. The summed E-state index contributed by atoms with van der Waals surface area (Å²) in [5.74, 6) is 0. The van der Waals surface area contributed by atoms with Gasteiger partial charge in [-0.3, -0.25) is 0 Å². The first-order valence-electron chi connectivity index (χ1n) is 8.16. The van der Waals surface area contributed by atoms with Gasteiger partial charge in [0, 0.05) is 12.8 Å². The van der Waals surface area contributed by atoms with E-state index in [4.69, 9.17) is 0 Å². The van der Waals surface area contributed by atoms with E-state index in [1.165, 1.54) is 17.4 Å². The van der Waals surface area contributed by atoms with Crippen LogP contribution in [0, 0.1) is 6.92 Å². The number of nitrogens with one attached hydrogen (secondary N) is 2. The number of hydrogen-bond acceptors (Lipinski definition) is 3. The maximum atomic E-state index is 12.0. The third-order valence-electron chi connectivity index (χ3n) is 4.10. The molecule has 2 N–H and O–H groups in total. The minimum atomic E-state index is -3.21. The molecule has 2 aromatic rings. The number of carbonyl (C=O) groups is 1. The number of urea groups is 1. The highest BCUT2D eigenvalue weighted by Gasteiger charge is 2.11. The van der Waals surface area contributed by atoms with E-state index >= 15 is 0 Å². The smallest absolute Gasteiger partial charge is 0.315 e. The van der Waals surface area contributed by atoms with Crippen LogP contribution < -0.4 is 10.6 Å². The fourth-order valence-corrected chi connectivity index (χ4v) is 3.17. The Balaban J connectivity index is 1.84. The van der Waals surface area contributed by atoms with Gasteiger partial charge in [-0.25, -0.2) is 13.2 Å². The van der Waals surface area contributed by atoms with E-state index in [1.54, 1.807) is 24.3 Å². The van der Waals surface area contributed by atoms with Crippen molar-refractivity contribution in [1.82, 2.24) is 10.6 Å². The van der Waals surface area contributed by atoms with Crippen molar-refractivity contribution in [3.63, 3.8) is 0 Å². The van der Waals surface area contributed by atoms with E-state index in [0.717, 1.165) is 12.0 Å². The van der Waals surface area contributed by atoms with Gasteiger partial charge in [-0.2, -0.15) is 0 Å². The van der Waals surface area contributed by atoms with Gasteiger partial charge >= 0.3 is 6.03 Å². The molecule has 0 unspecified atom stereocenters. The molecule has 0 fully saturated rings. The molecule has 0 saturated heterocycles. The lowest BCUT2D eigenvalue weighted by atomic mass is 10.1. The molecule has 0 aliphatic carbocycles. The van der Waals surface area contributed by atoms with Gasteiger partial charge in [0.25, 0.3) is 0 Å². The summed E-state index contributed by atoms with van der Waals surface area (Å²) < 4.78 is 22.9. The minimum absolute atomic E-state index is 0.216. The molecule has 0 heterocycles. The van der Waals surface area contributed by atoms with Crippen molar-refractivity contribution in [2.75, 3.05) is 12.8 Å². The van der Waals surface area contributed by atoms with Crippen LogP contribution in [0.5, 0.6) is 0 Å². The Hall–Kier alpha value is -2.34. The normalized spacial score (nSPS) is 12.4. The lowest BCUT2D eigenvalue weighted by Crippen LogP contribution is -2.38. The molecule has 6 heteroatoms. The molecule has 0 bridgehead atoms. The number of carbonyl (C=O) groups excluding carboxylic acids is 1. The van der Waals surface area contributed by atoms with Crippen LogP contribution in [-0.4, -0.2) is 27.2 Å². The van der Waals surface area contributed by atoms with Crippen LogP contribution in [0.15, 0.2) is 53.4 Å². The number of benzene rings is 2. The Morgan fingerprint density at radius 3 is 2.32 bits per heavy atom. The fourth-order valence-electron chi connectivity index (χ4n) is 2.54. The number of hydrogen-bond donors (Lipinski definition) is 2. The summed E-state index contributed by atoms with van der Waals surface area (Å²) >= 11 is 0. The summed E-state index contributed by atoms with van der Waals surface area (Å²) in [6, 6.07) is 14.2. The topological polar surface area (TPSA) is 75.3 Å². The molecular formula is C19H24N2O3S. The molecule has 2 rings (SSSR count). The first-order chi connectivity index (χ1) is 11.8. The Labute approximate surface area is 149 Å². The third kappa shape index (κ3) is 5.60. The van der Waals surface area contributed by atoms with Gasteiger partial charge < -0.3 is 10.6 Å². The van der Waals surface area contributed by atoms with E-state index in [-0.39, 0.29) is 17.0 Å². The van der Waals surface area contributed by atoms with Crippen LogP contribution >= 0.6 is 0 Å². The maximum absolute atomic E-state index is 12.0. The van der Waals surface area contributed by atoms with Gasteiger partial charge in [0.05, 0.1) is 10.9 Å². The molecule has 5 nitrogen and oxygen atoms in total. The van der Waals surface area contributed by atoms with E-state index in [0.29, 0.717) is 6.54 Å². The molecule has 0 aromatic heterocycles. The van der Waals surface area contributed by atoms with Crippen LogP contribution in [0.1, 0.15) is 29.7 Å². The highest BCUT2D eigenvalue weighted by molar-refractivity contribution is 7.90. The average Bonchev–Trinajstić information content (AvgIpc) is 2.56. The van der Waals surface area contributed by atoms with Gasteiger partial charge in [-0.1, -0.05) is 36.4 Å². The molecule has 0 spiro atoms. The van der Waals surface area contributed by atoms with Crippen molar-refractivity contribution < 1.29 is 13.2 Å². The summed E-state index contributed by atoms with van der Waals surface area (Å²) in [6.07, 6.45) is 1.95. The van der Waals surface area contributed by atoms with Crippen molar-refractivity contribution in [1.29, 1.82) is 0 Å². The molecule has 2 amide bonds. The fraction of sp³-hybridized carbons (Fsp3) is 0.316. The average molecular weight is 360 g/mol. The van der Waals surface area contributed by atoms with Crippen LogP contribution in [0.4, 0.5) is 4.79 Å². The van der Waals surface area contributed by atoms with Crippen molar-refractivity contribution in [2.45, 2.75) is 31.2 Å². The summed E-state index contributed by atoms with van der Waals surface area (Å²) in [5, 5.41) is 5.70. The van der Waals surface area contributed by atoms with Gasteiger partial charge in [0.15, 0.2) is 9.84 Å². The first-order valence-corrected chi connectivity index (χ1v) is 10.1. The zero-order valence-electron chi connectivity index (χ0n) is 14.7. The molecule has 0 radical (unpaired) electrons. The van der Waals surface area contributed by atoms with Crippen LogP contribution in [0.3, 0.4) is 0 Å². The SMILES string of the molecule is Cc1ccccc1CCNC(=O)N[C@@H](C)c1ccc(S(C)(=O)=O)cc1. The molecule has 2 aromatic carbocycles. The van der Waals surface area contributed by atoms with Crippen molar-refractivity contribution in [2.24, 2.45) is 0 Å². The van der Waals surface area contributed by atoms with Crippen LogP contribution in [-0.2, 0) is 16.3 Å². The second kappa shape index (κ2) is 8.16. The Morgan fingerprint density at radius 1 is 1.08 bits per heavy atom. The lowest BCUT2D eigenvalue weighted by Gasteiger charge is -2.15. The quantitative estimate of drug-likeness (QED) is 0.831. The van der Waals surface area contributed by atoms with Gasteiger partial charge in [0.2, 0.25) is 0 Å². The second-order valence-corrected chi connectivity index (χ2v) is 8.16. The highest BCUT2D eigenvalue weighted by atomic mass is 32.2. The number of amides is 2. The molecule has 0 aliphatic heterocycles. The van der Waals surface area contributed by atoms with E-state index < -0.39 is 9.84 Å². The second-order valence-electron chi connectivity index (χ2n) is 6.14. The molecule has 134 valence electrons. The number of sulfone groups is 1. The Bertz CT molecular complexity index is 830. The summed E-state index contributed by atoms with van der Waals surface area (Å²) in [7, 11) is -3.21. The Kier molecular flexibility index (Phi) is 6.20. The third-order valence-corrected chi connectivity index (χ3v) is 5.23. The molecular weight excluding hydrogens is 336 g/mol. The number of rotatable bonds is 6. The minimum Gasteiger partial charge on any atom is -0.338 e. The zero-order valence-corrected chi connectivity index (χ0v) is 15.6. The van der Waals surface area contributed by atoms with Crippen molar-refractivity contribution in [3.05, 3.63) is 65.2 Å². The van der Waals surface area contributed by atoms with Crippen LogP contribution in [0.2, 0.25) is 0 Å². The predicted octanol–water partition coefficient (Wildman–Crippen LogP) is 3.00. The highest BCUT2D eigenvalue weighted by Crippen LogP contribution is 2.16. The standard InChI is InChI=1S/C19H24N2O3S/c1-14-6-4-5-7-16(14)12-13-20-19(22)21-15(2)17-8-10-18(11-9-17)25(3,23)24/h4-11,15H,12-13H2,1-3H3,(H2,20,21,22)/t15-/m0/s1. The Morgan fingerprint density at radius 2 is 1.72 bits per heavy atom. The zero-order chi connectivity index (χ0) is 18.4. The van der Waals surface area contributed by atoms with Gasteiger partial charge in [-0.15, -0.1) is 0 Å². The molecule has 0 aliphatic rings. The van der Waals surface area contributed by atoms with Gasteiger partial charge in [-0.05, 0) is 49.1 Å². The first kappa shape index (κ1) is 19.0.